The molecule has 0 aromatic heterocycles. The van der Waals surface area contributed by atoms with Crippen LogP contribution in [0.15, 0.2) is 18.2 Å². The number of nitrogens with two attached hydrogens (primary N) is 1. The molecule has 18 heavy (non-hydrogen) atoms. The normalized spacial score (nSPS) is 23.0. The van der Waals surface area contributed by atoms with E-state index in [1.165, 1.54) is 0 Å². The molecule has 2 N–H and O–H groups in total. The van der Waals surface area contributed by atoms with Crippen molar-refractivity contribution in [3.05, 3.63) is 35.1 Å². The van der Waals surface area contributed by atoms with E-state index in [0.29, 0.717) is 18.7 Å². The summed E-state index contributed by atoms with van der Waals surface area (Å²) in [5, 5.41) is 0. The quantitative estimate of drug-likeness (QED) is 0.892. The molecular formula is C14H21FN2O. The predicted molar refractivity (Wildman–Crippen MR) is 69.9 cm³/mol. The lowest BCUT2D eigenvalue weighted by Gasteiger charge is -2.36. The molecule has 0 spiro atoms. The van der Waals surface area contributed by atoms with E-state index in [-0.39, 0.29) is 18.0 Å². The summed E-state index contributed by atoms with van der Waals surface area (Å²) in [5.41, 5.74) is 7.33. The van der Waals surface area contributed by atoms with Crippen molar-refractivity contribution in [3.63, 3.8) is 0 Å². The molecule has 100 valence electrons. The maximum absolute atomic E-state index is 13.6. The molecule has 0 radical (unpaired) electrons. The molecular weight excluding hydrogens is 231 g/mol. The van der Waals surface area contributed by atoms with Crippen LogP contribution in [0.2, 0.25) is 0 Å². The molecule has 4 heteroatoms. The molecule has 2 unspecified atom stereocenters. The summed E-state index contributed by atoms with van der Waals surface area (Å²) in [6.07, 6.45) is 0.0940. The van der Waals surface area contributed by atoms with Gasteiger partial charge in [-0.2, -0.15) is 0 Å². The average molecular weight is 252 g/mol. The molecule has 0 aliphatic carbocycles. The van der Waals surface area contributed by atoms with E-state index in [4.69, 9.17) is 10.5 Å². The molecule has 2 rings (SSSR count). The fourth-order valence-corrected chi connectivity index (χ4v) is 2.32. The van der Waals surface area contributed by atoms with E-state index in [0.717, 1.165) is 18.7 Å². The van der Waals surface area contributed by atoms with Crippen LogP contribution in [0, 0.1) is 12.7 Å². The van der Waals surface area contributed by atoms with Gasteiger partial charge in [-0.3, -0.25) is 4.90 Å². The number of hydrogen-bond donors (Lipinski definition) is 1. The third-order valence-electron chi connectivity index (χ3n) is 3.66. The first-order valence-electron chi connectivity index (χ1n) is 6.43. The second-order valence-corrected chi connectivity index (χ2v) is 4.91. The van der Waals surface area contributed by atoms with Crippen molar-refractivity contribution >= 4 is 0 Å². The van der Waals surface area contributed by atoms with Crippen LogP contribution in [0.5, 0.6) is 0 Å². The Kier molecular flexibility index (Phi) is 4.32. The summed E-state index contributed by atoms with van der Waals surface area (Å²) < 4.78 is 19.1. The van der Waals surface area contributed by atoms with Crippen LogP contribution >= 0.6 is 0 Å². The smallest absolute Gasteiger partial charge is 0.126 e. The van der Waals surface area contributed by atoms with Gasteiger partial charge in [0.1, 0.15) is 5.82 Å². The number of ether oxygens (including phenoxy) is 1. The standard InChI is InChI=1S/C14H21FN2O/c1-10-3-4-12(7-14(10)15)11(2)17-5-6-18-13(8-16)9-17/h3-4,7,11,13H,5-6,8-9,16H2,1-2H3. The van der Waals surface area contributed by atoms with Crippen LogP contribution < -0.4 is 5.73 Å². The summed E-state index contributed by atoms with van der Waals surface area (Å²) in [4.78, 5) is 2.30. The maximum Gasteiger partial charge on any atom is 0.126 e. The number of hydrogen-bond acceptors (Lipinski definition) is 3. The Labute approximate surface area is 108 Å². The van der Waals surface area contributed by atoms with Crippen molar-refractivity contribution < 1.29 is 9.13 Å². The fraction of sp³-hybridized carbons (Fsp3) is 0.571. The highest BCUT2D eigenvalue weighted by Gasteiger charge is 2.24. The zero-order chi connectivity index (χ0) is 13.1. The molecule has 1 heterocycles. The average Bonchev–Trinajstić information content (AvgIpc) is 2.41. The molecule has 0 bridgehead atoms. The van der Waals surface area contributed by atoms with Crippen molar-refractivity contribution in [2.24, 2.45) is 5.73 Å². The first-order chi connectivity index (χ1) is 8.61. The van der Waals surface area contributed by atoms with Gasteiger partial charge in [0, 0.05) is 25.7 Å². The van der Waals surface area contributed by atoms with Crippen LogP contribution in [0.25, 0.3) is 0 Å². The largest absolute Gasteiger partial charge is 0.374 e. The van der Waals surface area contributed by atoms with Gasteiger partial charge in [-0.15, -0.1) is 0 Å². The summed E-state index contributed by atoms with van der Waals surface area (Å²) in [7, 11) is 0. The number of aryl methyl sites for hydroxylation is 1. The Morgan fingerprint density at radius 2 is 2.33 bits per heavy atom. The minimum Gasteiger partial charge on any atom is -0.374 e. The number of morpholine rings is 1. The highest BCUT2D eigenvalue weighted by atomic mass is 19.1. The van der Waals surface area contributed by atoms with Gasteiger partial charge in [0.2, 0.25) is 0 Å². The molecule has 0 saturated carbocycles. The highest BCUT2D eigenvalue weighted by Crippen LogP contribution is 2.24. The van der Waals surface area contributed by atoms with Gasteiger partial charge in [0.25, 0.3) is 0 Å². The van der Waals surface area contributed by atoms with E-state index >= 15 is 0 Å². The van der Waals surface area contributed by atoms with Gasteiger partial charge in [-0.25, -0.2) is 4.39 Å². The zero-order valence-corrected chi connectivity index (χ0v) is 11.0. The highest BCUT2D eigenvalue weighted by molar-refractivity contribution is 5.25. The van der Waals surface area contributed by atoms with Gasteiger partial charge in [-0.1, -0.05) is 12.1 Å². The SMILES string of the molecule is Cc1ccc(C(C)N2CCOC(CN)C2)cc1F. The van der Waals surface area contributed by atoms with Gasteiger partial charge in [-0.05, 0) is 31.0 Å². The van der Waals surface area contributed by atoms with E-state index < -0.39 is 0 Å². The van der Waals surface area contributed by atoms with Crippen LogP contribution in [0.1, 0.15) is 24.1 Å². The summed E-state index contributed by atoms with van der Waals surface area (Å²) in [5.74, 6) is -0.136. The Bertz CT molecular complexity index is 411. The van der Waals surface area contributed by atoms with Crippen LogP contribution in [-0.4, -0.2) is 37.2 Å². The predicted octanol–water partition coefficient (Wildman–Crippen LogP) is 1.85. The van der Waals surface area contributed by atoms with Crippen molar-refractivity contribution in [2.45, 2.75) is 26.0 Å². The second-order valence-electron chi connectivity index (χ2n) is 4.91. The van der Waals surface area contributed by atoms with Crippen molar-refractivity contribution in [1.29, 1.82) is 0 Å². The number of benzene rings is 1. The van der Waals surface area contributed by atoms with Gasteiger partial charge < -0.3 is 10.5 Å². The summed E-state index contributed by atoms with van der Waals surface area (Å²) >= 11 is 0. The zero-order valence-electron chi connectivity index (χ0n) is 11.0. The molecule has 1 aromatic carbocycles. The molecule has 1 aliphatic heterocycles. The summed E-state index contributed by atoms with van der Waals surface area (Å²) in [6, 6.07) is 5.66. The van der Waals surface area contributed by atoms with Crippen LogP contribution in [0.3, 0.4) is 0 Å². The van der Waals surface area contributed by atoms with E-state index in [1.807, 2.05) is 12.1 Å². The van der Waals surface area contributed by atoms with Gasteiger partial charge >= 0.3 is 0 Å². The Morgan fingerprint density at radius 1 is 1.56 bits per heavy atom. The molecule has 1 aromatic rings. The first kappa shape index (κ1) is 13.5. The minimum absolute atomic E-state index is 0.0940. The molecule has 0 amide bonds. The van der Waals surface area contributed by atoms with Crippen molar-refractivity contribution in [3.8, 4) is 0 Å². The number of rotatable bonds is 3. The van der Waals surface area contributed by atoms with Crippen molar-refractivity contribution in [2.75, 3.05) is 26.2 Å². The van der Waals surface area contributed by atoms with E-state index in [2.05, 4.69) is 11.8 Å². The molecule has 3 nitrogen and oxygen atoms in total. The Hall–Kier alpha value is -0.970. The summed E-state index contributed by atoms with van der Waals surface area (Å²) in [6.45, 7) is 6.79. The first-order valence-corrected chi connectivity index (χ1v) is 6.43. The Balaban J connectivity index is 2.10. The maximum atomic E-state index is 13.6. The van der Waals surface area contributed by atoms with Gasteiger partial charge in [0.15, 0.2) is 0 Å². The monoisotopic (exact) mass is 252 g/mol. The second kappa shape index (κ2) is 5.78. The van der Waals surface area contributed by atoms with Crippen LogP contribution in [0.4, 0.5) is 4.39 Å². The van der Waals surface area contributed by atoms with Crippen LogP contribution in [-0.2, 0) is 4.74 Å². The van der Waals surface area contributed by atoms with Crippen molar-refractivity contribution in [1.82, 2.24) is 4.90 Å². The Morgan fingerprint density at radius 3 is 3.00 bits per heavy atom. The molecule has 2 atom stereocenters. The topological polar surface area (TPSA) is 38.5 Å². The van der Waals surface area contributed by atoms with E-state index in [1.54, 1.807) is 13.0 Å². The molecule has 1 saturated heterocycles. The third-order valence-corrected chi connectivity index (χ3v) is 3.66. The fourth-order valence-electron chi connectivity index (χ4n) is 2.32. The van der Waals surface area contributed by atoms with E-state index in [9.17, 15) is 4.39 Å². The number of nitrogens with zero attached hydrogens (tertiary/aromatic N) is 1. The molecule has 1 fully saturated rings. The lowest BCUT2D eigenvalue weighted by molar-refractivity contribution is -0.0364. The molecule has 1 aliphatic rings. The number of halogens is 1. The third kappa shape index (κ3) is 2.88. The minimum atomic E-state index is -0.136. The lowest BCUT2D eigenvalue weighted by Crippen LogP contribution is -2.46. The van der Waals surface area contributed by atoms with Gasteiger partial charge in [0.05, 0.1) is 12.7 Å². The lowest BCUT2D eigenvalue weighted by atomic mass is 10.0.